The van der Waals surface area contributed by atoms with E-state index in [4.69, 9.17) is 0 Å². The summed E-state index contributed by atoms with van der Waals surface area (Å²) in [5, 5.41) is 2.98. The van der Waals surface area contributed by atoms with Crippen LogP contribution in [0.5, 0.6) is 0 Å². The first-order valence-electron chi connectivity index (χ1n) is 10.6. The zero-order valence-electron chi connectivity index (χ0n) is 18.0. The van der Waals surface area contributed by atoms with Crippen LogP contribution in [0.3, 0.4) is 0 Å². The van der Waals surface area contributed by atoms with Crippen molar-refractivity contribution in [2.75, 3.05) is 19.6 Å². The van der Waals surface area contributed by atoms with Gasteiger partial charge in [0.1, 0.15) is 0 Å². The van der Waals surface area contributed by atoms with Gasteiger partial charge in [-0.1, -0.05) is 53.6 Å². The summed E-state index contributed by atoms with van der Waals surface area (Å²) in [6.45, 7) is 5.56. The fourth-order valence-corrected chi connectivity index (χ4v) is 4.29. The van der Waals surface area contributed by atoms with Crippen LogP contribution in [0.4, 0.5) is 0 Å². The van der Waals surface area contributed by atoms with Crippen molar-refractivity contribution >= 4 is 11.8 Å². The van der Waals surface area contributed by atoms with Crippen molar-refractivity contribution in [1.82, 2.24) is 15.2 Å². The molecule has 1 fully saturated rings. The van der Waals surface area contributed by atoms with Crippen LogP contribution >= 0.6 is 0 Å². The molecular formula is C26H27N3O2. The zero-order valence-corrected chi connectivity index (χ0v) is 18.0. The van der Waals surface area contributed by atoms with Crippen molar-refractivity contribution in [2.45, 2.75) is 20.3 Å². The lowest BCUT2D eigenvalue weighted by atomic mass is 9.90. The largest absolute Gasteiger partial charge is 0.354 e. The maximum atomic E-state index is 13.0. The first kappa shape index (κ1) is 20.8. The molecule has 2 amide bonds. The molecule has 31 heavy (non-hydrogen) atoms. The summed E-state index contributed by atoms with van der Waals surface area (Å²) in [5.74, 6) is -0.368. The Bertz CT molecular complexity index is 1070. The van der Waals surface area contributed by atoms with E-state index in [1.807, 2.05) is 12.1 Å². The lowest BCUT2D eigenvalue weighted by Crippen LogP contribution is -2.37. The molecule has 1 atom stereocenters. The number of amides is 2. The highest BCUT2D eigenvalue weighted by Gasteiger charge is 2.29. The van der Waals surface area contributed by atoms with Gasteiger partial charge in [0, 0.05) is 37.6 Å². The van der Waals surface area contributed by atoms with E-state index in [2.05, 4.69) is 54.5 Å². The molecular weight excluding hydrogens is 386 g/mol. The van der Waals surface area contributed by atoms with E-state index >= 15 is 0 Å². The molecule has 2 aromatic carbocycles. The molecule has 5 nitrogen and oxygen atoms in total. The quantitative estimate of drug-likeness (QED) is 0.708. The molecule has 0 spiro atoms. The van der Waals surface area contributed by atoms with Gasteiger partial charge in [0.15, 0.2) is 0 Å². The van der Waals surface area contributed by atoms with Gasteiger partial charge in [0.05, 0.1) is 5.92 Å². The first-order chi connectivity index (χ1) is 15.0. The first-order valence-corrected chi connectivity index (χ1v) is 10.6. The predicted octanol–water partition coefficient (Wildman–Crippen LogP) is 3.80. The van der Waals surface area contributed by atoms with Crippen molar-refractivity contribution in [3.05, 3.63) is 89.2 Å². The number of aromatic nitrogens is 1. The molecule has 0 bridgehead atoms. The van der Waals surface area contributed by atoms with Crippen LogP contribution in [-0.2, 0) is 11.2 Å². The Hall–Kier alpha value is -3.47. The van der Waals surface area contributed by atoms with E-state index in [-0.39, 0.29) is 17.7 Å². The topological polar surface area (TPSA) is 62.3 Å². The van der Waals surface area contributed by atoms with Gasteiger partial charge in [0.25, 0.3) is 5.91 Å². The van der Waals surface area contributed by atoms with Crippen LogP contribution in [0.2, 0.25) is 0 Å². The molecule has 0 saturated carbocycles. The number of pyridine rings is 1. The molecule has 0 radical (unpaired) electrons. The molecule has 1 saturated heterocycles. The Morgan fingerprint density at radius 1 is 1.06 bits per heavy atom. The summed E-state index contributed by atoms with van der Waals surface area (Å²) in [7, 11) is 0. The van der Waals surface area contributed by atoms with Gasteiger partial charge in [0.2, 0.25) is 5.91 Å². The standard InChI is InChI=1S/C26H27N3O2/c1-18-13-19(2)15-22(14-18)24-6-4-3-5-21(24)16-23-17-29(12-11-28-25(23)30)26(31)20-7-9-27-10-8-20/h3-10,13-15,23H,11-12,16-17H2,1-2H3,(H,28,30). The second-order valence-electron chi connectivity index (χ2n) is 8.21. The fraction of sp³-hybridized carbons (Fsp3) is 0.269. The molecule has 158 valence electrons. The Labute approximate surface area is 183 Å². The number of carbonyl (C=O) groups is 2. The molecule has 1 aliphatic heterocycles. The lowest BCUT2D eigenvalue weighted by molar-refractivity contribution is -0.124. The highest BCUT2D eigenvalue weighted by molar-refractivity contribution is 5.94. The van der Waals surface area contributed by atoms with Gasteiger partial charge in [-0.2, -0.15) is 0 Å². The number of benzene rings is 2. The van der Waals surface area contributed by atoms with E-state index < -0.39 is 0 Å². The SMILES string of the molecule is Cc1cc(C)cc(-c2ccccc2CC2CN(C(=O)c3ccncc3)CCNC2=O)c1. The predicted molar refractivity (Wildman–Crippen MR) is 122 cm³/mol. The van der Waals surface area contributed by atoms with Crippen LogP contribution in [-0.4, -0.2) is 41.3 Å². The second-order valence-corrected chi connectivity index (χ2v) is 8.21. The summed E-state index contributed by atoms with van der Waals surface area (Å²) < 4.78 is 0. The number of carbonyl (C=O) groups excluding carboxylic acids is 2. The van der Waals surface area contributed by atoms with Crippen molar-refractivity contribution in [3.8, 4) is 11.1 Å². The Morgan fingerprint density at radius 2 is 1.77 bits per heavy atom. The highest BCUT2D eigenvalue weighted by Crippen LogP contribution is 2.28. The van der Waals surface area contributed by atoms with Crippen molar-refractivity contribution in [2.24, 2.45) is 5.92 Å². The highest BCUT2D eigenvalue weighted by atomic mass is 16.2. The smallest absolute Gasteiger partial charge is 0.254 e. The minimum absolute atomic E-state index is 0.000235. The Kier molecular flexibility index (Phi) is 6.12. The number of nitrogens with zero attached hydrogens (tertiary/aromatic N) is 2. The van der Waals surface area contributed by atoms with E-state index in [0.29, 0.717) is 31.6 Å². The summed E-state index contributed by atoms with van der Waals surface area (Å²) in [4.78, 5) is 31.6. The molecule has 0 aliphatic carbocycles. The average molecular weight is 414 g/mol. The minimum Gasteiger partial charge on any atom is -0.354 e. The molecule has 4 rings (SSSR count). The van der Waals surface area contributed by atoms with Crippen LogP contribution in [0.25, 0.3) is 11.1 Å². The third-order valence-electron chi connectivity index (χ3n) is 5.72. The Balaban J connectivity index is 1.61. The number of nitrogens with one attached hydrogen (secondary N) is 1. The van der Waals surface area contributed by atoms with Crippen LogP contribution in [0.1, 0.15) is 27.0 Å². The maximum absolute atomic E-state index is 13.0. The van der Waals surface area contributed by atoms with E-state index in [0.717, 1.165) is 16.7 Å². The van der Waals surface area contributed by atoms with Crippen LogP contribution < -0.4 is 5.32 Å². The van der Waals surface area contributed by atoms with Gasteiger partial charge < -0.3 is 10.2 Å². The number of rotatable bonds is 4. The van der Waals surface area contributed by atoms with Crippen molar-refractivity contribution in [3.63, 3.8) is 0 Å². The third kappa shape index (κ3) is 4.82. The van der Waals surface area contributed by atoms with E-state index in [9.17, 15) is 9.59 Å². The normalized spacial score (nSPS) is 16.5. The zero-order chi connectivity index (χ0) is 21.8. The number of hydrogen-bond acceptors (Lipinski definition) is 3. The van der Waals surface area contributed by atoms with Gasteiger partial charge in [-0.25, -0.2) is 0 Å². The van der Waals surface area contributed by atoms with Crippen LogP contribution in [0, 0.1) is 19.8 Å². The summed E-state index contributed by atoms with van der Waals surface area (Å²) >= 11 is 0. The average Bonchev–Trinajstić information content (AvgIpc) is 2.95. The molecule has 1 aliphatic rings. The van der Waals surface area contributed by atoms with Crippen molar-refractivity contribution in [1.29, 1.82) is 0 Å². The van der Waals surface area contributed by atoms with Crippen molar-refractivity contribution < 1.29 is 9.59 Å². The maximum Gasteiger partial charge on any atom is 0.254 e. The monoisotopic (exact) mass is 413 g/mol. The number of hydrogen-bond donors (Lipinski definition) is 1. The third-order valence-corrected chi connectivity index (χ3v) is 5.72. The summed E-state index contributed by atoms with van der Waals surface area (Å²) in [5.41, 5.74) is 6.44. The number of aryl methyl sites for hydroxylation is 2. The summed E-state index contributed by atoms with van der Waals surface area (Å²) in [6, 6.07) is 18.2. The fourth-order valence-electron chi connectivity index (χ4n) is 4.29. The minimum atomic E-state index is -0.305. The molecule has 1 N–H and O–H groups in total. The van der Waals surface area contributed by atoms with E-state index in [1.54, 1.807) is 29.4 Å². The molecule has 1 unspecified atom stereocenters. The van der Waals surface area contributed by atoms with Gasteiger partial charge in [-0.15, -0.1) is 0 Å². The van der Waals surface area contributed by atoms with Gasteiger partial charge in [-0.3, -0.25) is 14.6 Å². The molecule has 5 heteroatoms. The molecule has 3 aromatic rings. The van der Waals surface area contributed by atoms with E-state index in [1.165, 1.54) is 11.1 Å². The Morgan fingerprint density at radius 3 is 2.52 bits per heavy atom. The lowest BCUT2D eigenvalue weighted by Gasteiger charge is -2.24. The molecule has 1 aromatic heterocycles. The molecule has 2 heterocycles. The van der Waals surface area contributed by atoms with Crippen LogP contribution in [0.15, 0.2) is 67.0 Å². The second kappa shape index (κ2) is 9.13. The van der Waals surface area contributed by atoms with Gasteiger partial charge in [-0.05, 0) is 49.1 Å². The van der Waals surface area contributed by atoms with Gasteiger partial charge >= 0.3 is 0 Å². The summed E-state index contributed by atoms with van der Waals surface area (Å²) in [6.07, 6.45) is 3.81.